The molecule has 0 unspecified atom stereocenters. The third-order valence-electron chi connectivity index (χ3n) is 1.66. The number of pyridine rings is 1. The molecule has 1 rings (SSSR count). The number of aromatic nitrogens is 1. The van der Waals surface area contributed by atoms with Crippen LogP contribution in [-0.2, 0) is 0 Å². The fourth-order valence-electron chi connectivity index (χ4n) is 0.848. The smallest absolute Gasteiger partial charge is 0.103 e. The number of aromatic amines is 1. The Balaban J connectivity index is 0.000000791. The molecule has 0 amide bonds. The van der Waals surface area contributed by atoms with Crippen molar-refractivity contribution >= 4 is 17.9 Å². The number of hydrogen-bond acceptors (Lipinski definition) is 2. The summed E-state index contributed by atoms with van der Waals surface area (Å²) in [5.41, 5.74) is 2.04. The summed E-state index contributed by atoms with van der Waals surface area (Å²) < 4.78 is 0.741. The molecule has 0 saturated heterocycles. The van der Waals surface area contributed by atoms with Crippen LogP contribution in [0.25, 0.3) is 5.70 Å². The molecule has 0 aliphatic rings. The minimum Gasteiger partial charge on any atom is -0.378 e. The highest BCUT2D eigenvalue weighted by atomic mass is 32.1. The van der Waals surface area contributed by atoms with E-state index in [1.54, 1.807) is 0 Å². The standard InChI is InChI=1S/C9H12N2S.C2H6/c1-7(11(2)3)8-4-5-9(12)10-6-8;1-2/h4-6H,1H2,2-3H3,(H,10,12);1-2H3. The topological polar surface area (TPSA) is 19.0 Å². The van der Waals surface area contributed by atoms with Crippen molar-refractivity contribution in [3.63, 3.8) is 0 Å². The quantitative estimate of drug-likeness (QED) is 0.755. The van der Waals surface area contributed by atoms with E-state index in [2.05, 4.69) is 11.6 Å². The molecule has 1 heterocycles. The van der Waals surface area contributed by atoms with Crippen molar-refractivity contribution in [1.82, 2.24) is 9.88 Å². The first-order chi connectivity index (χ1) is 6.61. The lowest BCUT2D eigenvalue weighted by molar-refractivity contribution is 0.593. The van der Waals surface area contributed by atoms with Crippen LogP contribution in [0.2, 0.25) is 0 Å². The molecule has 1 aromatic heterocycles. The van der Waals surface area contributed by atoms with Crippen molar-refractivity contribution in [2.75, 3.05) is 14.1 Å². The van der Waals surface area contributed by atoms with Crippen molar-refractivity contribution < 1.29 is 0 Å². The Bertz CT molecular complexity index is 319. The molecule has 0 aromatic carbocycles. The maximum absolute atomic E-state index is 4.93. The van der Waals surface area contributed by atoms with Crippen molar-refractivity contribution in [1.29, 1.82) is 0 Å². The molecule has 0 fully saturated rings. The Hall–Kier alpha value is -1.09. The van der Waals surface area contributed by atoms with Crippen LogP contribution in [0, 0.1) is 4.64 Å². The lowest BCUT2D eigenvalue weighted by Gasteiger charge is -2.15. The largest absolute Gasteiger partial charge is 0.378 e. The zero-order chi connectivity index (χ0) is 11.1. The number of rotatable bonds is 2. The van der Waals surface area contributed by atoms with Gasteiger partial charge >= 0.3 is 0 Å². The van der Waals surface area contributed by atoms with E-state index in [4.69, 9.17) is 12.2 Å². The highest BCUT2D eigenvalue weighted by Crippen LogP contribution is 2.11. The highest BCUT2D eigenvalue weighted by Gasteiger charge is 1.98. The second kappa shape index (κ2) is 6.38. The Kier molecular flexibility index (Phi) is 5.88. The van der Waals surface area contributed by atoms with Crippen LogP contribution in [0.1, 0.15) is 19.4 Å². The Labute approximate surface area is 91.3 Å². The summed E-state index contributed by atoms with van der Waals surface area (Å²) in [5.74, 6) is 0. The van der Waals surface area contributed by atoms with E-state index in [1.807, 2.05) is 51.2 Å². The third kappa shape index (κ3) is 3.75. The van der Waals surface area contributed by atoms with Gasteiger partial charge in [0, 0.05) is 31.6 Å². The molecule has 0 saturated carbocycles. The Morgan fingerprint density at radius 3 is 2.29 bits per heavy atom. The highest BCUT2D eigenvalue weighted by molar-refractivity contribution is 7.71. The number of nitrogens with zero attached hydrogens (tertiary/aromatic N) is 1. The van der Waals surface area contributed by atoms with Gasteiger partial charge in [-0.2, -0.15) is 0 Å². The molecule has 0 aliphatic carbocycles. The summed E-state index contributed by atoms with van der Waals surface area (Å²) >= 11 is 4.93. The summed E-state index contributed by atoms with van der Waals surface area (Å²) in [5, 5.41) is 0. The molecular weight excluding hydrogens is 192 g/mol. The molecular formula is C11H18N2S. The summed E-state index contributed by atoms with van der Waals surface area (Å²) in [6, 6.07) is 3.82. The normalized spacial score (nSPS) is 8.57. The van der Waals surface area contributed by atoms with Crippen LogP contribution in [0.15, 0.2) is 24.9 Å². The van der Waals surface area contributed by atoms with Gasteiger partial charge in [-0.25, -0.2) is 0 Å². The number of hydrogen-bond donors (Lipinski definition) is 1. The van der Waals surface area contributed by atoms with E-state index in [0.717, 1.165) is 15.9 Å². The van der Waals surface area contributed by atoms with Crippen LogP contribution in [0.5, 0.6) is 0 Å². The second-order valence-corrected chi connectivity index (χ2v) is 3.22. The predicted molar refractivity (Wildman–Crippen MR) is 65.7 cm³/mol. The van der Waals surface area contributed by atoms with Gasteiger partial charge in [-0.3, -0.25) is 0 Å². The van der Waals surface area contributed by atoms with E-state index < -0.39 is 0 Å². The first kappa shape index (κ1) is 12.9. The zero-order valence-corrected chi connectivity index (χ0v) is 10.1. The maximum atomic E-state index is 4.93. The van der Waals surface area contributed by atoms with Crippen LogP contribution in [0.3, 0.4) is 0 Å². The molecule has 2 nitrogen and oxygen atoms in total. The molecule has 14 heavy (non-hydrogen) atoms. The number of nitrogens with one attached hydrogen (secondary N) is 1. The van der Waals surface area contributed by atoms with Gasteiger partial charge in [-0.15, -0.1) is 0 Å². The second-order valence-electron chi connectivity index (χ2n) is 2.78. The van der Waals surface area contributed by atoms with E-state index in [-0.39, 0.29) is 0 Å². The Morgan fingerprint density at radius 1 is 1.36 bits per heavy atom. The number of H-pyrrole nitrogens is 1. The first-order valence-corrected chi connectivity index (χ1v) is 5.07. The molecule has 3 heteroatoms. The van der Waals surface area contributed by atoms with Gasteiger partial charge in [0.25, 0.3) is 0 Å². The molecule has 0 bridgehead atoms. The van der Waals surface area contributed by atoms with Gasteiger partial charge in [0.2, 0.25) is 0 Å². The van der Waals surface area contributed by atoms with Gasteiger partial charge in [-0.05, 0) is 12.1 Å². The van der Waals surface area contributed by atoms with E-state index >= 15 is 0 Å². The van der Waals surface area contributed by atoms with Crippen LogP contribution < -0.4 is 0 Å². The molecule has 78 valence electrons. The SMILES string of the molecule is C=C(c1ccc(=S)[nH]c1)N(C)C.CC. The first-order valence-electron chi connectivity index (χ1n) is 4.66. The molecule has 0 radical (unpaired) electrons. The summed E-state index contributed by atoms with van der Waals surface area (Å²) in [4.78, 5) is 4.93. The van der Waals surface area contributed by atoms with Gasteiger partial charge in [0.15, 0.2) is 0 Å². The molecule has 1 aromatic rings. The van der Waals surface area contributed by atoms with Crippen molar-refractivity contribution in [2.24, 2.45) is 0 Å². The lowest BCUT2D eigenvalue weighted by Crippen LogP contribution is -2.08. The van der Waals surface area contributed by atoms with E-state index in [0.29, 0.717) is 0 Å². The maximum Gasteiger partial charge on any atom is 0.103 e. The van der Waals surface area contributed by atoms with Crippen molar-refractivity contribution in [3.05, 3.63) is 35.1 Å². The van der Waals surface area contributed by atoms with E-state index in [1.165, 1.54) is 0 Å². The minimum absolute atomic E-state index is 0.741. The van der Waals surface area contributed by atoms with Crippen molar-refractivity contribution in [2.45, 2.75) is 13.8 Å². The van der Waals surface area contributed by atoms with Crippen molar-refractivity contribution in [3.8, 4) is 0 Å². The van der Waals surface area contributed by atoms with Gasteiger partial charge in [0.05, 0.1) is 0 Å². The van der Waals surface area contributed by atoms with Gasteiger partial charge in [0.1, 0.15) is 4.64 Å². The van der Waals surface area contributed by atoms with Gasteiger partial charge < -0.3 is 9.88 Å². The van der Waals surface area contributed by atoms with Crippen LogP contribution >= 0.6 is 12.2 Å². The zero-order valence-electron chi connectivity index (χ0n) is 9.29. The van der Waals surface area contributed by atoms with Crippen LogP contribution in [0.4, 0.5) is 0 Å². The average molecular weight is 210 g/mol. The predicted octanol–water partition coefficient (Wildman–Crippen LogP) is 3.30. The third-order valence-corrected chi connectivity index (χ3v) is 1.91. The van der Waals surface area contributed by atoms with Crippen LogP contribution in [-0.4, -0.2) is 24.0 Å². The lowest BCUT2D eigenvalue weighted by atomic mass is 10.2. The fourth-order valence-corrected chi connectivity index (χ4v) is 0.975. The molecule has 1 N–H and O–H groups in total. The molecule has 0 spiro atoms. The molecule has 0 aliphatic heterocycles. The minimum atomic E-state index is 0.741. The Morgan fingerprint density at radius 2 is 1.93 bits per heavy atom. The summed E-state index contributed by atoms with van der Waals surface area (Å²) in [6.07, 6.45) is 1.87. The summed E-state index contributed by atoms with van der Waals surface area (Å²) in [6.45, 7) is 7.93. The van der Waals surface area contributed by atoms with E-state index in [9.17, 15) is 0 Å². The fraction of sp³-hybridized carbons (Fsp3) is 0.364. The average Bonchev–Trinajstić information content (AvgIpc) is 2.21. The molecule has 0 atom stereocenters. The van der Waals surface area contributed by atoms with Gasteiger partial charge in [-0.1, -0.05) is 32.6 Å². The monoisotopic (exact) mass is 210 g/mol. The summed E-state index contributed by atoms with van der Waals surface area (Å²) in [7, 11) is 3.92.